The number of fused-ring (bicyclic) bond motifs is 1. The lowest BCUT2D eigenvalue weighted by Gasteiger charge is -2.30. The molecule has 1 aliphatic rings. The number of benzene rings is 1. The van der Waals surface area contributed by atoms with Gasteiger partial charge >= 0.3 is 5.69 Å². The number of hydrogen-bond donors (Lipinski definition) is 1. The van der Waals surface area contributed by atoms with Crippen LogP contribution in [-0.2, 0) is 6.42 Å². The molecule has 1 N–H and O–H groups in total. The van der Waals surface area contributed by atoms with Gasteiger partial charge in [-0.15, -0.1) is 0 Å². The molecule has 1 aromatic carbocycles. The third kappa shape index (κ3) is 2.18. The van der Waals surface area contributed by atoms with Gasteiger partial charge in [0.25, 0.3) is 0 Å². The van der Waals surface area contributed by atoms with Crippen LogP contribution in [0.15, 0.2) is 35.1 Å². The minimum atomic E-state index is -0.395. The average molecular weight is 268 g/mol. The topological polar surface area (TPSA) is 62.8 Å². The highest BCUT2D eigenvalue weighted by Gasteiger charge is 2.34. The van der Waals surface area contributed by atoms with Gasteiger partial charge in [-0.3, -0.25) is 4.79 Å². The lowest BCUT2D eigenvalue weighted by molar-refractivity contribution is 0.0910. The Morgan fingerprint density at radius 2 is 1.80 bits per heavy atom. The van der Waals surface area contributed by atoms with Gasteiger partial charge in [0.1, 0.15) is 0 Å². The fourth-order valence-electron chi connectivity index (χ4n) is 2.82. The van der Waals surface area contributed by atoms with Crippen LogP contribution in [-0.4, -0.2) is 15.8 Å². The molecule has 4 heteroatoms. The normalized spacial score (nSPS) is 16.8. The first-order chi connectivity index (χ1) is 9.46. The van der Waals surface area contributed by atoms with Crippen LogP contribution in [0.5, 0.6) is 0 Å². The van der Waals surface area contributed by atoms with Gasteiger partial charge in [-0.1, -0.05) is 44.2 Å². The minimum absolute atomic E-state index is 0.0545. The molecule has 1 aliphatic carbocycles. The minimum Gasteiger partial charge on any atom is -0.309 e. The van der Waals surface area contributed by atoms with Crippen molar-refractivity contribution in [2.45, 2.75) is 26.7 Å². The van der Waals surface area contributed by atoms with Gasteiger partial charge in [-0.05, 0) is 11.8 Å². The van der Waals surface area contributed by atoms with E-state index < -0.39 is 5.69 Å². The van der Waals surface area contributed by atoms with E-state index in [-0.39, 0.29) is 11.2 Å². The summed E-state index contributed by atoms with van der Waals surface area (Å²) < 4.78 is 0. The molecule has 0 spiro atoms. The van der Waals surface area contributed by atoms with Crippen LogP contribution in [0.4, 0.5) is 0 Å². The molecule has 20 heavy (non-hydrogen) atoms. The van der Waals surface area contributed by atoms with Crippen LogP contribution >= 0.6 is 0 Å². The predicted molar refractivity (Wildman–Crippen MR) is 76.7 cm³/mol. The van der Waals surface area contributed by atoms with Crippen molar-refractivity contribution in [1.29, 1.82) is 0 Å². The summed E-state index contributed by atoms with van der Waals surface area (Å²) in [6, 6.07) is 9.39. The highest BCUT2D eigenvalue weighted by Crippen LogP contribution is 2.36. The first-order valence-corrected chi connectivity index (χ1v) is 6.68. The zero-order valence-electron chi connectivity index (χ0n) is 11.6. The molecular weight excluding hydrogens is 252 g/mol. The largest absolute Gasteiger partial charge is 0.345 e. The van der Waals surface area contributed by atoms with Crippen molar-refractivity contribution in [2.24, 2.45) is 5.41 Å². The van der Waals surface area contributed by atoms with E-state index in [1.807, 2.05) is 44.2 Å². The average Bonchev–Trinajstić information content (AvgIpc) is 2.36. The number of aromatic amines is 1. The number of ketones is 1. The molecule has 0 unspecified atom stereocenters. The first-order valence-electron chi connectivity index (χ1n) is 6.68. The maximum atomic E-state index is 12.4. The Balaban J connectivity index is 2.26. The second-order valence-electron chi connectivity index (χ2n) is 6.05. The third-order valence-electron chi connectivity index (χ3n) is 3.63. The molecule has 1 heterocycles. The van der Waals surface area contributed by atoms with Crippen molar-refractivity contribution in [1.82, 2.24) is 9.97 Å². The molecule has 1 aromatic heterocycles. The molecule has 0 aliphatic heterocycles. The van der Waals surface area contributed by atoms with Crippen molar-refractivity contribution in [2.75, 3.05) is 0 Å². The highest BCUT2D eigenvalue weighted by atomic mass is 16.1. The third-order valence-corrected chi connectivity index (χ3v) is 3.63. The van der Waals surface area contributed by atoms with Crippen molar-refractivity contribution in [3.8, 4) is 11.3 Å². The molecule has 4 nitrogen and oxygen atoms in total. The maximum absolute atomic E-state index is 12.4. The summed E-state index contributed by atoms with van der Waals surface area (Å²) in [6.07, 6.45) is 1.17. The summed E-state index contributed by atoms with van der Waals surface area (Å²) >= 11 is 0. The van der Waals surface area contributed by atoms with E-state index in [0.29, 0.717) is 29.8 Å². The summed E-state index contributed by atoms with van der Waals surface area (Å²) in [6.45, 7) is 4.07. The number of nitrogens with one attached hydrogen (secondary N) is 1. The van der Waals surface area contributed by atoms with Crippen LogP contribution in [0.3, 0.4) is 0 Å². The Bertz CT molecular complexity index is 730. The van der Waals surface area contributed by atoms with Crippen molar-refractivity contribution in [3.63, 3.8) is 0 Å². The molecule has 0 saturated heterocycles. The maximum Gasteiger partial charge on any atom is 0.345 e. The van der Waals surface area contributed by atoms with E-state index in [1.165, 1.54) is 0 Å². The Morgan fingerprint density at radius 3 is 2.50 bits per heavy atom. The number of carbonyl (C=O) groups excluding carboxylic acids is 1. The van der Waals surface area contributed by atoms with Crippen molar-refractivity contribution < 1.29 is 4.79 Å². The van der Waals surface area contributed by atoms with E-state index in [0.717, 1.165) is 5.56 Å². The highest BCUT2D eigenvalue weighted by molar-refractivity contribution is 6.03. The summed E-state index contributed by atoms with van der Waals surface area (Å²) in [7, 11) is 0. The monoisotopic (exact) mass is 268 g/mol. The molecular formula is C16H16N2O2. The number of carbonyl (C=O) groups is 1. The fraction of sp³-hybridized carbons (Fsp3) is 0.312. The standard InChI is InChI=1S/C16H16N2O2/c1-16(2)8-11-13(12(19)9-16)14(18-15(20)17-11)10-6-4-3-5-7-10/h3-7H,8-9H2,1-2H3,(H,17,18,20). The van der Waals surface area contributed by atoms with Crippen LogP contribution in [0.2, 0.25) is 0 Å². The Morgan fingerprint density at radius 1 is 1.10 bits per heavy atom. The zero-order chi connectivity index (χ0) is 14.3. The predicted octanol–water partition coefficient (Wildman–Crippen LogP) is 2.59. The second kappa shape index (κ2) is 4.40. The molecule has 0 amide bonds. The quantitative estimate of drug-likeness (QED) is 0.864. The van der Waals surface area contributed by atoms with Crippen LogP contribution in [0.1, 0.15) is 36.3 Å². The van der Waals surface area contributed by atoms with E-state index in [2.05, 4.69) is 9.97 Å². The lowest BCUT2D eigenvalue weighted by Crippen LogP contribution is -2.31. The van der Waals surface area contributed by atoms with E-state index >= 15 is 0 Å². The number of Topliss-reactive ketones (excluding diaryl/α,β-unsaturated/α-hetero) is 1. The van der Waals surface area contributed by atoms with E-state index in [4.69, 9.17) is 0 Å². The molecule has 102 valence electrons. The summed E-state index contributed by atoms with van der Waals surface area (Å²) in [5, 5.41) is 0. The number of hydrogen-bond acceptors (Lipinski definition) is 3. The van der Waals surface area contributed by atoms with Crippen LogP contribution in [0.25, 0.3) is 11.3 Å². The number of aromatic nitrogens is 2. The Kier molecular flexibility index (Phi) is 2.82. The zero-order valence-corrected chi connectivity index (χ0v) is 11.6. The second-order valence-corrected chi connectivity index (χ2v) is 6.05. The Hall–Kier alpha value is -2.23. The fourth-order valence-corrected chi connectivity index (χ4v) is 2.82. The van der Waals surface area contributed by atoms with Gasteiger partial charge in [0, 0.05) is 17.7 Å². The molecule has 0 bridgehead atoms. The van der Waals surface area contributed by atoms with E-state index in [9.17, 15) is 9.59 Å². The summed E-state index contributed by atoms with van der Waals surface area (Å²) in [5.74, 6) is 0.0545. The van der Waals surface area contributed by atoms with Gasteiger partial charge in [0.05, 0.1) is 11.3 Å². The molecule has 0 fully saturated rings. The van der Waals surface area contributed by atoms with Gasteiger partial charge in [0.2, 0.25) is 0 Å². The van der Waals surface area contributed by atoms with Gasteiger partial charge < -0.3 is 4.98 Å². The van der Waals surface area contributed by atoms with E-state index in [1.54, 1.807) is 0 Å². The summed E-state index contributed by atoms with van der Waals surface area (Å²) in [4.78, 5) is 31.0. The SMILES string of the molecule is CC1(C)CC(=O)c2c(-c3ccccc3)nc(=O)[nH]c2C1. The van der Waals surface area contributed by atoms with Gasteiger partial charge in [-0.2, -0.15) is 4.98 Å². The smallest absolute Gasteiger partial charge is 0.309 e. The molecule has 0 radical (unpaired) electrons. The molecule has 0 atom stereocenters. The first kappa shape index (κ1) is 12.8. The van der Waals surface area contributed by atoms with Gasteiger partial charge in [-0.25, -0.2) is 4.79 Å². The summed E-state index contributed by atoms with van der Waals surface area (Å²) in [5.41, 5.74) is 2.09. The lowest BCUT2D eigenvalue weighted by atomic mass is 9.75. The number of rotatable bonds is 1. The molecule has 0 saturated carbocycles. The van der Waals surface area contributed by atoms with Crippen LogP contribution < -0.4 is 5.69 Å². The Labute approximate surface area is 116 Å². The van der Waals surface area contributed by atoms with Crippen molar-refractivity contribution >= 4 is 5.78 Å². The molecule has 2 aromatic rings. The molecule has 3 rings (SSSR count). The van der Waals surface area contributed by atoms with Crippen LogP contribution in [0, 0.1) is 5.41 Å². The van der Waals surface area contributed by atoms with Crippen molar-refractivity contribution in [3.05, 3.63) is 52.1 Å². The van der Waals surface area contributed by atoms with Gasteiger partial charge in [0.15, 0.2) is 5.78 Å². The number of nitrogens with zero attached hydrogens (tertiary/aromatic N) is 1. The number of H-pyrrole nitrogens is 1.